The summed E-state index contributed by atoms with van der Waals surface area (Å²) in [5.74, 6) is 1.67. The molecule has 6 aromatic carbocycles. The Balaban J connectivity index is 1.24. The summed E-state index contributed by atoms with van der Waals surface area (Å²) >= 11 is 0. The summed E-state index contributed by atoms with van der Waals surface area (Å²) in [6.45, 7) is 0. The average molecular weight is 633 g/mol. The lowest BCUT2D eigenvalue weighted by Crippen LogP contribution is -2.48. The number of hydrogen-bond acceptors (Lipinski definition) is 4. The van der Waals surface area contributed by atoms with Crippen LogP contribution in [0, 0.1) is 0 Å². The minimum atomic E-state index is 0.172. The minimum absolute atomic E-state index is 0.172. The van der Waals surface area contributed by atoms with Gasteiger partial charge < -0.3 is 8.98 Å². The van der Waals surface area contributed by atoms with Crippen LogP contribution in [0.15, 0.2) is 108 Å². The highest BCUT2D eigenvalue weighted by Gasteiger charge is 2.22. The average Bonchev–Trinajstić information content (AvgIpc) is 3.71. The van der Waals surface area contributed by atoms with Gasteiger partial charge in [-0.1, -0.05) is 83.1 Å². The van der Waals surface area contributed by atoms with Crippen molar-refractivity contribution in [3.05, 3.63) is 103 Å². The molecule has 5 nitrogen and oxygen atoms in total. The summed E-state index contributed by atoms with van der Waals surface area (Å²) in [5, 5.41) is 2.87. The monoisotopic (exact) mass is 634 g/mol. The standard InChI is InChI=1S/C39H17B7N4O/c40-24-17-25-28(31(42)30(24)41)29-32(43)33(44)34(45)35(46)36(29)50(25)21-12-14-26-23(16-21)22-13-11-20(15-27(22)51-26)39-48-37(18-7-3-1-4-8-18)47-38(49-39)19-9-5-2-6-10-19/h1-17H. The number of aromatic nitrogens is 4. The largest absolute Gasteiger partial charge is 0.456 e. The van der Waals surface area contributed by atoms with Gasteiger partial charge in [-0.15, -0.1) is 21.9 Å². The molecule has 220 valence electrons. The molecule has 9 aromatic rings. The molecule has 0 amide bonds. The smallest absolute Gasteiger partial charge is 0.164 e. The first-order valence-corrected chi connectivity index (χ1v) is 16.1. The Morgan fingerprint density at radius 2 is 1.04 bits per heavy atom. The molecule has 0 unspecified atom stereocenters. The first-order chi connectivity index (χ1) is 24.7. The van der Waals surface area contributed by atoms with Crippen molar-refractivity contribution >= 4 is 137 Å². The molecule has 3 heterocycles. The number of nitrogens with zero attached hydrogens (tertiary/aromatic N) is 4. The predicted octanol–water partition coefficient (Wildman–Crippen LogP) is 1.43. The van der Waals surface area contributed by atoms with Crippen molar-refractivity contribution in [3.8, 4) is 39.9 Å². The lowest BCUT2D eigenvalue weighted by molar-refractivity contribution is 0.669. The molecule has 0 atom stereocenters. The van der Waals surface area contributed by atoms with Crippen molar-refractivity contribution in [2.24, 2.45) is 0 Å². The van der Waals surface area contributed by atoms with Crippen molar-refractivity contribution in [3.63, 3.8) is 0 Å². The van der Waals surface area contributed by atoms with E-state index >= 15 is 0 Å². The Labute approximate surface area is 302 Å². The van der Waals surface area contributed by atoms with Crippen molar-refractivity contribution in [2.75, 3.05) is 0 Å². The SMILES string of the molecule is [B]c1cc2c(c([B])c1[B])c1c([B])c([B])c([B])c([B])c1n2-c1ccc2oc3cc(-c4nc(-c5ccccc5)nc(-c5ccccc5)n4)ccc3c2c1. The third kappa shape index (κ3) is 4.84. The van der Waals surface area contributed by atoms with Crippen LogP contribution < -0.4 is 38.2 Å². The quantitative estimate of drug-likeness (QED) is 0.276. The fourth-order valence-corrected chi connectivity index (χ4v) is 6.83. The molecule has 0 aliphatic heterocycles. The van der Waals surface area contributed by atoms with Gasteiger partial charge in [-0.05, 0) is 47.2 Å². The zero-order valence-electron chi connectivity index (χ0n) is 27.1. The number of hydrogen-bond donors (Lipinski definition) is 0. The maximum atomic E-state index is 6.65. The molecule has 0 aliphatic rings. The molecule has 51 heavy (non-hydrogen) atoms. The fourth-order valence-electron chi connectivity index (χ4n) is 6.83. The van der Waals surface area contributed by atoms with Gasteiger partial charge in [0.15, 0.2) is 17.5 Å². The van der Waals surface area contributed by atoms with Gasteiger partial charge in [0.1, 0.15) is 66.1 Å². The van der Waals surface area contributed by atoms with Crippen LogP contribution >= 0.6 is 0 Å². The van der Waals surface area contributed by atoms with Crippen molar-refractivity contribution in [2.45, 2.75) is 0 Å². The molecule has 0 N–H and O–H groups in total. The zero-order chi connectivity index (χ0) is 35.1. The molecule has 12 heteroatoms. The van der Waals surface area contributed by atoms with E-state index in [2.05, 4.69) is 0 Å². The molecular weight excluding hydrogens is 616 g/mol. The molecule has 14 radical (unpaired) electrons. The van der Waals surface area contributed by atoms with Crippen LogP contribution in [-0.2, 0) is 0 Å². The van der Waals surface area contributed by atoms with Crippen LogP contribution in [0.1, 0.15) is 0 Å². The van der Waals surface area contributed by atoms with E-state index in [1.54, 1.807) is 6.07 Å². The van der Waals surface area contributed by atoms with Crippen LogP contribution in [0.5, 0.6) is 0 Å². The van der Waals surface area contributed by atoms with Crippen LogP contribution in [0.3, 0.4) is 0 Å². The minimum Gasteiger partial charge on any atom is -0.456 e. The molecular formula is C39H17B7N4O. The van der Waals surface area contributed by atoms with E-state index in [-0.39, 0.29) is 32.8 Å². The Hall–Kier alpha value is -5.62. The highest BCUT2D eigenvalue weighted by Crippen LogP contribution is 2.35. The molecule has 0 aliphatic carbocycles. The predicted molar refractivity (Wildman–Crippen MR) is 215 cm³/mol. The maximum Gasteiger partial charge on any atom is 0.164 e. The molecule has 0 spiro atoms. The van der Waals surface area contributed by atoms with Gasteiger partial charge in [0.2, 0.25) is 0 Å². The van der Waals surface area contributed by atoms with Crippen LogP contribution in [0.4, 0.5) is 0 Å². The molecule has 0 fully saturated rings. The summed E-state index contributed by atoms with van der Waals surface area (Å²) in [6, 6.07) is 33.2. The van der Waals surface area contributed by atoms with E-state index in [9.17, 15) is 0 Å². The van der Waals surface area contributed by atoms with Gasteiger partial charge in [0.25, 0.3) is 0 Å². The number of benzene rings is 6. The van der Waals surface area contributed by atoms with Crippen molar-refractivity contribution < 1.29 is 4.42 Å². The number of furan rings is 1. The summed E-state index contributed by atoms with van der Waals surface area (Å²) in [5.41, 5.74) is 7.50. The highest BCUT2D eigenvalue weighted by molar-refractivity contribution is 6.69. The summed E-state index contributed by atoms with van der Waals surface area (Å²) in [4.78, 5) is 14.6. The Bertz CT molecular complexity index is 2830. The summed E-state index contributed by atoms with van der Waals surface area (Å²) in [7, 11) is 45.0. The van der Waals surface area contributed by atoms with Crippen molar-refractivity contribution in [1.29, 1.82) is 0 Å². The van der Waals surface area contributed by atoms with E-state index in [4.69, 9.17) is 74.3 Å². The fraction of sp³-hybridized carbons (Fsp3) is 0. The third-order valence-electron chi connectivity index (χ3n) is 9.44. The zero-order valence-corrected chi connectivity index (χ0v) is 27.1. The van der Waals surface area contributed by atoms with Crippen LogP contribution in [0.2, 0.25) is 0 Å². The van der Waals surface area contributed by atoms with E-state index in [1.807, 2.05) is 102 Å². The first-order valence-electron chi connectivity index (χ1n) is 16.1. The van der Waals surface area contributed by atoms with Gasteiger partial charge in [-0.25, -0.2) is 15.0 Å². The van der Waals surface area contributed by atoms with E-state index in [0.29, 0.717) is 55.9 Å². The van der Waals surface area contributed by atoms with Gasteiger partial charge >= 0.3 is 0 Å². The van der Waals surface area contributed by atoms with Gasteiger partial charge in [0.05, 0.1) is 5.52 Å². The van der Waals surface area contributed by atoms with Gasteiger partial charge in [-0.3, -0.25) is 0 Å². The Morgan fingerprint density at radius 3 is 1.69 bits per heavy atom. The van der Waals surface area contributed by atoms with Crippen LogP contribution in [-0.4, -0.2) is 74.4 Å². The number of fused-ring (bicyclic) bond motifs is 6. The molecule has 0 bridgehead atoms. The highest BCUT2D eigenvalue weighted by atomic mass is 16.3. The normalized spacial score (nSPS) is 11.7. The lowest BCUT2D eigenvalue weighted by Gasteiger charge is -2.16. The molecule has 0 saturated heterocycles. The second-order valence-electron chi connectivity index (χ2n) is 12.4. The Morgan fingerprint density at radius 1 is 0.451 bits per heavy atom. The second-order valence-corrected chi connectivity index (χ2v) is 12.4. The Kier molecular flexibility index (Phi) is 7.22. The summed E-state index contributed by atoms with van der Waals surface area (Å²) in [6.07, 6.45) is 0. The molecule has 9 rings (SSSR count). The topological polar surface area (TPSA) is 56.7 Å². The maximum absolute atomic E-state index is 6.65. The second kappa shape index (κ2) is 11.7. The molecule has 3 aromatic heterocycles. The van der Waals surface area contributed by atoms with E-state index < -0.39 is 0 Å². The first kappa shape index (κ1) is 31.4. The van der Waals surface area contributed by atoms with E-state index in [0.717, 1.165) is 33.2 Å². The molecule has 0 saturated carbocycles. The van der Waals surface area contributed by atoms with Crippen LogP contribution in [0.25, 0.3) is 83.6 Å². The lowest BCUT2D eigenvalue weighted by atomic mass is 9.64. The summed E-state index contributed by atoms with van der Waals surface area (Å²) < 4.78 is 8.33. The van der Waals surface area contributed by atoms with E-state index in [1.165, 1.54) is 0 Å². The third-order valence-corrected chi connectivity index (χ3v) is 9.44. The van der Waals surface area contributed by atoms with Gasteiger partial charge in [0, 0.05) is 38.7 Å². The van der Waals surface area contributed by atoms with Gasteiger partial charge in [-0.2, -0.15) is 0 Å². The van der Waals surface area contributed by atoms with Crippen molar-refractivity contribution in [1.82, 2.24) is 19.5 Å². The number of rotatable bonds is 4.